The molecule has 0 unspecified atom stereocenters. The van der Waals surface area contributed by atoms with E-state index in [-0.39, 0.29) is 11.5 Å². The van der Waals surface area contributed by atoms with Crippen molar-refractivity contribution in [3.05, 3.63) is 52.2 Å². The van der Waals surface area contributed by atoms with Gasteiger partial charge in [-0.1, -0.05) is 0 Å². The van der Waals surface area contributed by atoms with E-state index < -0.39 is 4.92 Å². The Kier molecular flexibility index (Phi) is 2.91. The van der Waals surface area contributed by atoms with Crippen molar-refractivity contribution in [2.24, 2.45) is 0 Å². The van der Waals surface area contributed by atoms with E-state index in [1.165, 1.54) is 6.33 Å². The lowest BCUT2D eigenvalue weighted by Crippen LogP contribution is -2.05. The van der Waals surface area contributed by atoms with E-state index in [2.05, 4.69) is 15.0 Å². The van der Waals surface area contributed by atoms with Crippen LogP contribution in [0.25, 0.3) is 0 Å². The number of hydrogen-bond acceptors (Lipinski definition) is 6. The average molecular weight is 231 g/mol. The third-order valence-electron chi connectivity index (χ3n) is 2.23. The molecule has 0 bridgehead atoms. The zero-order chi connectivity index (χ0) is 12.3. The van der Waals surface area contributed by atoms with Crippen molar-refractivity contribution < 1.29 is 4.92 Å². The molecular formula is C10H9N5O2. The SMILES string of the molecule is Nc1ncnc(Cc2ccncc2)c1[N+](=O)[O-]. The van der Waals surface area contributed by atoms with Gasteiger partial charge in [0.1, 0.15) is 12.0 Å². The Morgan fingerprint density at radius 2 is 2.00 bits per heavy atom. The van der Waals surface area contributed by atoms with Gasteiger partial charge in [-0.2, -0.15) is 0 Å². The Hall–Kier alpha value is -2.57. The molecule has 2 heterocycles. The third kappa shape index (κ3) is 2.33. The highest BCUT2D eigenvalue weighted by Crippen LogP contribution is 2.23. The third-order valence-corrected chi connectivity index (χ3v) is 2.23. The molecule has 0 spiro atoms. The summed E-state index contributed by atoms with van der Waals surface area (Å²) in [5.41, 5.74) is 6.41. The Morgan fingerprint density at radius 3 is 2.65 bits per heavy atom. The quantitative estimate of drug-likeness (QED) is 0.622. The second kappa shape index (κ2) is 4.52. The van der Waals surface area contributed by atoms with Crippen LogP contribution in [0.4, 0.5) is 11.5 Å². The summed E-state index contributed by atoms with van der Waals surface area (Å²) in [5, 5.41) is 10.9. The van der Waals surface area contributed by atoms with Crippen molar-refractivity contribution in [1.82, 2.24) is 15.0 Å². The first-order valence-electron chi connectivity index (χ1n) is 4.81. The van der Waals surface area contributed by atoms with Crippen molar-refractivity contribution in [3.63, 3.8) is 0 Å². The predicted molar refractivity (Wildman–Crippen MR) is 60.1 cm³/mol. The van der Waals surface area contributed by atoms with E-state index in [9.17, 15) is 10.1 Å². The van der Waals surface area contributed by atoms with Crippen LogP contribution in [0.5, 0.6) is 0 Å². The van der Waals surface area contributed by atoms with Crippen LogP contribution in [0.15, 0.2) is 30.9 Å². The first kappa shape index (κ1) is 10.9. The molecule has 7 heteroatoms. The molecule has 0 aliphatic heterocycles. The lowest BCUT2D eigenvalue weighted by atomic mass is 10.1. The summed E-state index contributed by atoms with van der Waals surface area (Å²) in [7, 11) is 0. The fourth-order valence-electron chi connectivity index (χ4n) is 1.45. The summed E-state index contributed by atoms with van der Waals surface area (Å²) in [6, 6.07) is 3.53. The first-order valence-corrected chi connectivity index (χ1v) is 4.81. The van der Waals surface area contributed by atoms with Crippen molar-refractivity contribution in [1.29, 1.82) is 0 Å². The number of hydrogen-bond donors (Lipinski definition) is 1. The van der Waals surface area contributed by atoms with Crippen LogP contribution in [0.1, 0.15) is 11.3 Å². The Morgan fingerprint density at radius 1 is 1.29 bits per heavy atom. The van der Waals surface area contributed by atoms with Crippen molar-refractivity contribution in [2.45, 2.75) is 6.42 Å². The van der Waals surface area contributed by atoms with E-state index in [1.807, 2.05) is 0 Å². The van der Waals surface area contributed by atoms with Gasteiger partial charge in [-0.05, 0) is 17.7 Å². The smallest absolute Gasteiger partial charge is 0.332 e. The maximum absolute atomic E-state index is 10.9. The molecule has 0 aliphatic carbocycles. The minimum Gasteiger partial charge on any atom is -0.378 e. The summed E-state index contributed by atoms with van der Waals surface area (Å²) in [6.45, 7) is 0. The van der Waals surface area contributed by atoms with Crippen LogP contribution in [0.2, 0.25) is 0 Å². The summed E-state index contributed by atoms with van der Waals surface area (Å²) in [4.78, 5) is 21.7. The van der Waals surface area contributed by atoms with Crippen LogP contribution in [0, 0.1) is 10.1 Å². The number of nitrogen functional groups attached to an aromatic ring is 1. The molecule has 0 fully saturated rings. The largest absolute Gasteiger partial charge is 0.378 e. The first-order chi connectivity index (χ1) is 8.18. The molecule has 0 atom stereocenters. The monoisotopic (exact) mass is 231 g/mol. The van der Waals surface area contributed by atoms with Crippen molar-refractivity contribution in [3.8, 4) is 0 Å². The average Bonchev–Trinajstić information content (AvgIpc) is 2.30. The van der Waals surface area contributed by atoms with Crippen LogP contribution >= 0.6 is 0 Å². The maximum atomic E-state index is 10.9. The lowest BCUT2D eigenvalue weighted by Gasteiger charge is -2.03. The van der Waals surface area contributed by atoms with Gasteiger partial charge in [-0.25, -0.2) is 9.97 Å². The van der Waals surface area contributed by atoms with Crippen molar-refractivity contribution in [2.75, 3.05) is 5.73 Å². The molecule has 0 radical (unpaired) electrons. The summed E-state index contributed by atoms with van der Waals surface area (Å²) in [5.74, 6) is -0.117. The van der Waals surface area contributed by atoms with Gasteiger partial charge in [0.2, 0.25) is 5.82 Å². The van der Waals surface area contributed by atoms with Crippen LogP contribution < -0.4 is 5.73 Å². The minimum absolute atomic E-state index is 0.117. The van der Waals surface area contributed by atoms with E-state index in [1.54, 1.807) is 24.5 Å². The maximum Gasteiger partial charge on any atom is 0.332 e. The van der Waals surface area contributed by atoms with E-state index in [0.29, 0.717) is 12.1 Å². The number of rotatable bonds is 3. The molecule has 0 aromatic carbocycles. The Labute approximate surface area is 96.5 Å². The van der Waals surface area contributed by atoms with Gasteiger partial charge >= 0.3 is 5.69 Å². The molecule has 7 nitrogen and oxygen atoms in total. The van der Waals surface area contributed by atoms with E-state index >= 15 is 0 Å². The number of nitrogens with two attached hydrogens (primary N) is 1. The Balaban J connectivity index is 2.40. The summed E-state index contributed by atoms with van der Waals surface area (Å²) >= 11 is 0. The number of anilines is 1. The van der Waals surface area contributed by atoms with Gasteiger partial charge in [0.25, 0.3) is 0 Å². The molecule has 0 saturated heterocycles. The fourth-order valence-corrected chi connectivity index (χ4v) is 1.45. The predicted octanol–water partition coefficient (Wildman–Crippen LogP) is 0.953. The molecular weight excluding hydrogens is 222 g/mol. The lowest BCUT2D eigenvalue weighted by molar-refractivity contribution is -0.385. The second-order valence-corrected chi connectivity index (χ2v) is 3.34. The molecule has 86 valence electrons. The molecule has 0 amide bonds. The standard InChI is InChI=1S/C10H9N5O2/c11-10-9(15(16)17)8(13-6-14-10)5-7-1-3-12-4-2-7/h1-4,6H,5H2,(H2,11,13,14). The molecule has 0 aliphatic rings. The summed E-state index contributed by atoms with van der Waals surface area (Å²) < 4.78 is 0. The van der Waals surface area contributed by atoms with Crippen molar-refractivity contribution >= 4 is 11.5 Å². The van der Waals surface area contributed by atoms with Gasteiger partial charge in [0.15, 0.2) is 0 Å². The molecule has 2 rings (SSSR count). The number of nitrogens with zero attached hydrogens (tertiary/aromatic N) is 4. The van der Waals surface area contributed by atoms with Crippen LogP contribution in [-0.2, 0) is 6.42 Å². The molecule has 0 saturated carbocycles. The van der Waals surface area contributed by atoms with Gasteiger partial charge in [0, 0.05) is 18.8 Å². The molecule has 2 aromatic rings. The zero-order valence-corrected chi connectivity index (χ0v) is 8.78. The van der Waals surface area contributed by atoms with Crippen LogP contribution in [-0.4, -0.2) is 19.9 Å². The zero-order valence-electron chi connectivity index (χ0n) is 8.78. The fraction of sp³-hybridized carbons (Fsp3) is 0.100. The highest BCUT2D eigenvalue weighted by atomic mass is 16.6. The van der Waals surface area contributed by atoms with Gasteiger partial charge in [-0.3, -0.25) is 15.1 Å². The van der Waals surface area contributed by atoms with E-state index in [4.69, 9.17) is 5.73 Å². The summed E-state index contributed by atoms with van der Waals surface area (Å²) in [6.07, 6.45) is 4.78. The topological polar surface area (TPSA) is 108 Å². The minimum atomic E-state index is -0.564. The van der Waals surface area contributed by atoms with Gasteiger partial charge in [0.05, 0.1) is 4.92 Å². The van der Waals surface area contributed by atoms with Gasteiger partial charge in [-0.15, -0.1) is 0 Å². The molecule has 2 N–H and O–H groups in total. The molecule has 2 aromatic heterocycles. The van der Waals surface area contributed by atoms with Crippen LogP contribution in [0.3, 0.4) is 0 Å². The highest BCUT2D eigenvalue weighted by molar-refractivity contribution is 5.55. The number of pyridine rings is 1. The van der Waals surface area contributed by atoms with E-state index in [0.717, 1.165) is 5.56 Å². The number of aromatic nitrogens is 3. The normalized spacial score (nSPS) is 10.1. The highest BCUT2D eigenvalue weighted by Gasteiger charge is 2.20. The Bertz CT molecular complexity index is 544. The molecule has 17 heavy (non-hydrogen) atoms. The second-order valence-electron chi connectivity index (χ2n) is 3.34. The van der Waals surface area contributed by atoms with Gasteiger partial charge < -0.3 is 5.73 Å². The number of nitro groups is 1.